The van der Waals surface area contributed by atoms with Crippen molar-refractivity contribution in [2.45, 2.75) is 37.1 Å². The summed E-state index contributed by atoms with van der Waals surface area (Å²) in [5, 5.41) is 4.18. The zero-order valence-corrected chi connectivity index (χ0v) is 15.0. The van der Waals surface area contributed by atoms with Gasteiger partial charge in [0, 0.05) is 23.6 Å². The van der Waals surface area contributed by atoms with Crippen molar-refractivity contribution in [3.63, 3.8) is 0 Å². The van der Waals surface area contributed by atoms with Gasteiger partial charge in [-0.15, -0.1) is 0 Å². The van der Waals surface area contributed by atoms with Crippen LogP contribution in [0.3, 0.4) is 0 Å². The van der Waals surface area contributed by atoms with Crippen molar-refractivity contribution in [3.8, 4) is 11.5 Å². The molecule has 1 saturated heterocycles. The lowest BCUT2D eigenvalue weighted by Gasteiger charge is -2.42. The number of hydrazone groups is 1. The molecule has 1 aliphatic carbocycles. The Morgan fingerprint density at radius 3 is 2.76 bits per heavy atom. The standard InChI is InChI=1S/C18H26N4O3/c1-22-9-8-18(12-4-5-14(24-2)15(10-12)25-3)7-6-13(11-16(18)22)20-21-17(19)23/h4-5,10,16H,6-9,11H2,1-3H3,(H3,19,21,23)/t16-,18-/m0/s1. The number of fused-ring (bicyclic) bond motifs is 1. The Kier molecular flexibility index (Phi) is 4.85. The van der Waals surface area contributed by atoms with Crippen LogP contribution in [0.4, 0.5) is 4.79 Å². The van der Waals surface area contributed by atoms with Gasteiger partial charge in [0.15, 0.2) is 11.5 Å². The van der Waals surface area contributed by atoms with E-state index in [1.165, 1.54) is 5.56 Å². The van der Waals surface area contributed by atoms with E-state index in [0.717, 1.165) is 49.4 Å². The lowest BCUT2D eigenvalue weighted by Crippen LogP contribution is -2.46. The average molecular weight is 346 g/mol. The number of benzene rings is 1. The van der Waals surface area contributed by atoms with Gasteiger partial charge in [0.1, 0.15) is 0 Å². The van der Waals surface area contributed by atoms with Gasteiger partial charge in [-0.2, -0.15) is 5.10 Å². The number of urea groups is 1. The molecule has 1 aromatic carbocycles. The van der Waals surface area contributed by atoms with Gasteiger partial charge in [-0.3, -0.25) is 0 Å². The van der Waals surface area contributed by atoms with Gasteiger partial charge < -0.3 is 20.1 Å². The number of nitrogens with one attached hydrogen (secondary N) is 1. The fourth-order valence-corrected chi connectivity index (χ4v) is 4.32. The number of carbonyl (C=O) groups is 1. The van der Waals surface area contributed by atoms with Gasteiger partial charge in [-0.25, -0.2) is 10.2 Å². The second-order valence-electron chi connectivity index (χ2n) is 6.83. The molecule has 0 aromatic heterocycles. The van der Waals surface area contributed by atoms with Crippen LogP contribution in [0.1, 0.15) is 31.2 Å². The highest BCUT2D eigenvalue weighted by Crippen LogP contribution is 2.49. The molecule has 1 aromatic rings. The lowest BCUT2D eigenvalue weighted by molar-refractivity contribution is 0.225. The molecule has 136 valence electrons. The normalized spacial score (nSPS) is 27.8. The lowest BCUT2D eigenvalue weighted by atomic mass is 9.65. The number of likely N-dealkylation sites (tertiary alicyclic amines) is 1. The Labute approximate surface area is 148 Å². The van der Waals surface area contributed by atoms with Crippen LogP contribution < -0.4 is 20.6 Å². The first-order valence-corrected chi connectivity index (χ1v) is 8.54. The zero-order valence-electron chi connectivity index (χ0n) is 15.0. The van der Waals surface area contributed by atoms with E-state index in [1.54, 1.807) is 14.2 Å². The van der Waals surface area contributed by atoms with Gasteiger partial charge in [0.2, 0.25) is 0 Å². The van der Waals surface area contributed by atoms with E-state index in [1.807, 2.05) is 6.07 Å². The van der Waals surface area contributed by atoms with Crippen LogP contribution in [0, 0.1) is 0 Å². The van der Waals surface area contributed by atoms with Crippen LogP contribution in [-0.2, 0) is 5.41 Å². The summed E-state index contributed by atoms with van der Waals surface area (Å²) in [7, 11) is 5.47. The highest BCUT2D eigenvalue weighted by molar-refractivity contribution is 5.87. The molecule has 7 nitrogen and oxygen atoms in total. The minimum absolute atomic E-state index is 0.0695. The quantitative estimate of drug-likeness (QED) is 0.814. The molecule has 3 N–H and O–H groups in total. The van der Waals surface area contributed by atoms with Crippen LogP contribution in [0.25, 0.3) is 0 Å². The van der Waals surface area contributed by atoms with Crippen LogP contribution in [0.5, 0.6) is 11.5 Å². The average Bonchev–Trinajstić information content (AvgIpc) is 2.97. The Bertz CT molecular complexity index is 691. The predicted molar refractivity (Wildman–Crippen MR) is 96.3 cm³/mol. The minimum Gasteiger partial charge on any atom is -0.493 e. The van der Waals surface area contributed by atoms with E-state index in [-0.39, 0.29) is 5.41 Å². The summed E-state index contributed by atoms with van der Waals surface area (Å²) >= 11 is 0. The summed E-state index contributed by atoms with van der Waals surface area (Å²) in [6, 6.07) is 5.96. The van der Waals surface area contributed by atoms with Gasteiger partial charge >= 0.3 is 6.03 Å². The monoisotopic (exact) mass is 346 g/mol. The number of likely N-dealkylation sites (N-methyl/N-ethyl adjacent to an activating group) is 1. The van der Waals surface area contributed by atoms with Gasteiger partial charge in [0.25, 0.3) is 0 Å². The SMILES string of the molecule is COc1ccc([C@@]23CCC(=NNC(N)=O)C[C@@H]2N(C)CC3)cc1OC. The first kappa shape index (κ1) is 17.5. The molecule has 25 heavy (non-hydrogen) atoms. The maximum absolute atomic E-state index is 10.9. The summed E-state index contributed by atoms with van der Waals surface area (Å²) in [5.74, 6) is 1.51. The van der Waals surface area contributed by atoms with Crippen molar-refractivity contribution in [2.75, 3.05) is 27.8 Å². The van der Waals surface area contributed by atoms with Crippen LogP contribution in [-0.4, -0.2) is 50.5 Å². The van der Waals surface area contributed by atoms with Crippen molar-refractivity contribution in [2.24, 2.45) is 10.8 Å². The first-order valence-electron chi connectivity index (χ1n) is 8.54. The third-order valence-corrected chi connectivity index (χ3v) is 5.65. The van der Waals surface area contributed by atoms with Crippen molar-refractivity contribution < 1.29 is 14.3 Å². The number of hydrogen-bond acceptors (Lipinski definition) is 5. The summed E-state index contributed by atoms with van der Waals surface area (Å²) in [6.07, 6.45) is 3.75. The second-order valence-corrected chi connectivity index (χ2v) is 6.83. The number of rotatable bonds is 4. The Morgan fingerprint density at radius 1 is 1.32 bits per heavy atom. The number of carbonyl (C=O) groups excluding carboxylic acids is 1. The molecule has 2 amide bonds. The van der Waals surface area contributed by atoms with Crippen LogP contribution in [0.15, 0.2) is 23.3 Å². The van der Waals surface area contributed by atoms with E-state index in [2.05, 4.69) is 34.6 Å². The molecular formula is C18H26N4O3. The number of ether oxygens (including phenoxy) is 2. The van der Waals surface area contributed by atoms with Crippen molar-refractivity contribution in [1.82, 2.24) is 10.3 Å². The van der Waals surface area contributed by atoms with E-state index in [4.69, 9.17) is 15.2 Å². The minimum atomic E-state index is -0.621. The molecular weight excluding hydrogens is 320 g/mol. The van der Waals surface area contributed by atoms with Crippen LogP contribution >= 0.6 is 0 Å². The van der Waals surface area contributed by atoms with Crippen molar-refractivity contribution >= 4 is 11.7 Å². The Balaban J connectivity index is 1.92. The number of hydrogen-bond donors (Lipinski definition) is 2. The van der Waals surface area contributed by atoms with E-state index < -0.39 is 6.03 Å². The molecule has 7 heteroatoms. The molecule has 2 atom stereocenters. The largest absolute Gasteiger partial charge is 0.493 e. The smallest absolute Gasteiger partial charge is 0.332 e. The summed E-state index contributed by atoms with van der Waals surface area (Å²) < 4.78 is 10.9. The second kappa shape index (κ2) is 6.92. The molecule has 1 saturated carbocycles. The molecule has 0 radical (unpaired) electrons. The maximum Gasteiger partial charge on any atom is 0.332 e. The molecule has 2 fully saturated rings. The molecule has 0 bridgehead atoms. The maximum atomic E-state index is 10.9. The number of primary amides is 1. The third-order valence-electron chi connectivity index (χ3n) is 5.65. The molecule has 0 spiro atoms. The fourth-order valence-electron chi connectivity index (χ4n) is 4.32. The van der Waals surface area contributed by atoms with Gasteiger partial charge in [0.05, 0.1) is 14.2 Å². The number of amides is 2. The molecule has 3 rings (SSSR count). The number of methoxy groups -OCH3 is 2. The van der Waals surface area contributed by atoms with Crippen molar-refractivity contribution in [1.29, 1.82) is 0 Å². The summed E-state index contributed by atoms with van der Waals surface area (Å²) in [6.45, 7) is 1.04. The molecule has 2 aliphatic rings. The van der Waals surface area contributed by atoms with E-state index >= 15 is 0 Å². The molecule has 1 aliphatic heterocycles. The fraction of sp³-hybridized carbons (Fsp3) is 0.556. The molecule has 0 unspecified atom stereocenters. The highest BCUT2D eigenvalue weighted by atomic mass is 16.5. The van der Waals surface area contributed by atoms with Gasteiger partial charge in [-0.05, 0) is 50.6 Å². The number of nitrogens with two attached hydrogens (primary N) is 1. The van der Waals surface area contributed by atoms with E-state index in [9.17, 15) is 4.79 Å². The van der Waals surface area contributed by atoms with Crippen LogP contribution in [0.2, 0.25) is 0 Å². The topological polar surface area (TPSA) is 89.2 Å². The molecule has 1 heterocycles. The predicted octanol–water partition coefficient (Wildman–Crippen LogP) is 1.85. The van der Waals surface area contributed by atoms with Gasteiger partial charge in [-0.1, -0.05) is 6.07 Å². The van der Waals surface area contributed by atoms with Crippen molar-refractivity contribution in [3.05, 3.63) is 23.8 Å². The Hall–Kier alpha value is -2.28. The number of nitrogens with zero attached hydrogens (tertiary/aromatic N) is 2. The third kappa shape index (κ3) is 3.16. The summed E-state index contributed by atoms with van der Waals surface area (Å²) in [4.78, 5) is 13.3. The first-order chi connectivity index (χ1) is 12.0. The Morgan fingerprint density at radius 2 is 2.08 bits per heavy atom. The highest BCUT2D eigenvalue weighted by Gasteiger charge is 2.49. The zero-order chi connectivity index (χ0) is 18.0. The van der Waals surface area contributed by atoms with E-state index in [0.29, 0.717) is 6.04 Å². The summed E-state index contributed by atoms with van der Waals surface area (Å²) in [5.41, 5.74) is 9.84.